The summed E-state index contributed by atoms with van der Waals surface area (Å²) in [7, 11) is 1.55. The Bertz CT molecular complexity index is 707. The highest BCUT2D eigenvalue weighted by molar-refractivity contribution is 9.10. The molecule has 108 valence electrons. The lowest BCUT2D eigenvalue weighted by Gasteiger charge is -2.05. The van der Waals surface area contributed by atoms with Crippen LogP contribution >= 0.6 is 15.9 Å². The molecule has 2 aromatic rings. The highest BCUT2D eigenvalue weighted by atomic mass is 79.9. The fourth-order valence-corrected chi connectivity index (χ4v) is 2.20. The normalized spacial score (nSPS) is 10.8. The predicted octanol–water partition coefficient (Wildman–Crippen LogP) is 3.77. The largest absolute Gasteiger partial charge is 0.508 e. The van der Waals surface area contributed by atoms with Crippen LogP contribution in [0.5, 0.6) is 17.2 Å². The van der Waals surface area contributed by atoms with Gasteiger partial charge in [0, 0.05) is 16.1 Å². The Morgan fingerprint density at radius 3 is 2.62 bits per heavy atom. The van der Waals surface area contributed by atoms with Crippen molar-refractivity contribution in [3.8, 4) is 17.2 Å². The molecular weight excluding hydrogens is 336 g/mol. The first-order valence-electron chi connectivity index (χ1n) is 6.09. The van der Waals surface area contributed by atoms with Gasteiger partial charge in [-0.25, -0.2) is 0 Å². The second-order valence-electron chi connectivity index (χ2n) is 4.29. The lowest BCUT2D eigenvalue weighted by molar-refractivity contribution is 0.104. The number of benzene rings is 2. The third kappa shape index (κ3) is 3.64. The molecule has 5 heteroatoms. The standard InChI is InChI=1S/C16H13BrO4/c1-21-16-7-3-11(17)8-10(16)2-6-14(19)13-5-4-12(18)9-15(13)20/h2-9,18,20H,1H3/b6-2+. The Labute approximate surface area is 130 Å². The van der Waals surface area contributed by atoms with Crippen molar-refractivity contribution in [3.05, 3.63) is 58.1 Å². The van der Waals surface area contributed by atoms with Crippen LogP contribution < -0.4 is 4.74 Å². The highest BCUT2D eigenvalue weighted by Gasteiger charge is 2.09. The van der Waals surface area contributed by atoms with Gasteiger partial charge in [0.2, 0.25) is 0 Å². The summed E-state index contributed by atoms with van der Waals surface area (Å²) in [4.78, 5) is 12.1. The second-order valence-corrected chi connectivity index (χ2v) is 5.20. The van der Waals surface area contributed by atoms with E-state index in [4.69, 9.17) is 4.74 Å². The number of halogens is 1. The van der Waals surface area contributed by atoms with Crippen molar-refractivity contribution < 1.29 is 19.7 Å². The van der Waals surface area contributed by atoms with Gasteiger partial charge >= 0.3 is 0 Å². The molecule has 21 heavy (non-hydrogen) atoms. The van der Waals surface area contributed by atoms with E-state index >= 15 is 0 Å². The molecule has 0 aliphatic carbocycles. The zero-order chi connectivity index (χ0) is 15.4. The highest BCUT2D eigenvalue weighted by Crippen LogP contribution is 2.26. The molecular formula is C16H13BrO4. The summed E-state index contributed by atoms with van der Waals surface area (Å²) >= 11 is 3.35. The molecule has 0 saturated heterocycles. The van der Waals surface area contributed by atoms with E-state index in [1.807, 2.05) is 12.1 Å². The number of methoxy groups -OCH3 is 1. The molecule has 0 atom stereocenters. The third-order valence-electron chi connectivity index (χ3n) is 2.85. The monoisotopic (exact) mass is 348 g/mol. The van der Waals surface area contributed by atoms with E-state index in [-0.39, 0.29) is 22.8 Å². The first-order valence-corrected chi connectivity index (χ1v) is 6.88. The zero-order valence-electron chi connectivity index (χ0n) is 11.2. The van der Waals surface area contributed by atoms with Crippen molar-refractivity contribution in [1.82, 2.24) is 0 Å². The van der Waals surface area contributed by atoms with Crippen LogP contribution in [0.15, 0.2) is 46.9 Å². The molecule has 0 unspecified atom stereocenters. The van der Waals surface area contributed by atoms with Gasteiger partial charge in [-0.1, -0.05) is 15.9 Å². The molecule has 0 spiro atoms. The maximum atomic E-state index is 12.1. The van der Waals surface area contributed by atoms with Gasteiger partial charge in [-0.3, -0.25) is 4.79 Å². The van der Waals surface area contributed by atoms with Crippen molar-refractivity contribution in [1.29, 1.82) is 0 Å². The summed E-state index contributed by atoms with van der Waals surface area (Å²) in [5.74, 6) is -0.0840. The fraction of sp³-hybridized carbons (Fsp3) is 0.0625. The van der Waals surface area contributed by atoms with Crippen molar-refractivity contribution >= 4 is 27.8 Å². The van der Waals surface area contributed by atoms with Crippen molar-refractivity contribution in [3.63, 3.8) is 0 Å². The summed E-state index contributed by atoms with van der Waals surface area (Å²) in [6.45, 7) is 0. The van der Waals surface area contributed by atoms with Gasteiger partial charge in [0.05, 0.1) is 12.7 Å². The van der Waals surface area contributed by atoms with Crippen molar-refractivity contribution in [2.24, 2.45) is 0 Å². The van der Waals surface area contributed by atoms with Gasteiger partial charge in [0.15, 0.2) is 5.78 Å². The average molecular weight is 349 g/mol. The van der Waals surface area contributed by atoms with Gasteiger partial charge in [-0.05, 0) is 42.5 Å². The number of allylic oxidation sites excluding steroid dienone is 1. The Balaban J connectivity index is 2.28. The fourth-order valence-electron chi connectivity index (χ4n) is 1.82. The summed E-state index contributed by atoms with van der Waals surface area (Å²) in [5.41, 5.74) is 0.858. The molecule has 0 amide bonds. The molecule has 0 bridgehead atoms. The second kappa shape index (κ2) is 6.45. The van der Waals surface area contributed by atoms with E-state index in [1.54, 1.807) is 19.3 Å². The Hall–Kier alpha value is -2.27. The lowest BCUT2D eigenvalue weighted by atomic mass is 10.1. The van der Waals surface area contributed by atoms with Crippen molar-refractivity contribution in [2.75, 3.05) is 7.11 Å². The maximum Gasteiger partial charge on any atom is 0.189 e. The van der Waals surface area contributed by atoms with Crippen LogP contribution in [-0.2, 0) is 0 Å². The van der Waals surface area contributed by atoms with Gasteiger partial charge in [-0.2, -0.15) is 0 Å². The molecule has 2 aromatic carbocycles. The summed E-state index contributed by atoms with van der Waals surface area (Å²) < 4.78 is 6.08. The number of rotatable bonds is 4. The molecule has 4 nitrogen and oxygen atoms in total. The molecule has 0 saturated carbocycles. The molecule has 0 radical (unpaired) electrons. The van der Waals surface area contributed by atoms with Crippen LogP contribution in [0.2, 0.25) is 0 Å². The Kier molecular flexibility index (Phi) is 4.65. The zero-order valence-corrected chi connectivity index (χ0v) is 12.8. The van der Waals surface area contributed by atoms with Crippen LogP contribution in [0.25, 0.3) is 6.08 Å². The van der Waals surface area contributed by atoms with Crippen LogP contribution in [0, 0.1) is 0 Å². The summed E-state index contributed by atoms with van der Waals surface area (Å²) in [6.07, 6.45) is 2.95. The van der Waals surface area contributed by atoms with Gasteiger partial charge in [0.25, 0.3) is 0 Å². The SMILES string of the molecule is COc1ccc(Br)cc1/C=C/C(=O)c1ccc(O)cc1O. The topological polar surface area (TPSA) is 66.8 Å². The number of phenols is 2. The number of hydrogen-bond donors (Lipinski definition) is 2. The lowest BCUT2D eigenvalue weighted by Crippen LogP contribution is -1.95. The Morgan fingerprint density at radius 1 is 1.19 bits per heavy atom. The van der Waals surface area contributed by atoms with Gasteiger partial charge < -0.3 is 14.9 Å². The quantitative estimate of drug-likeness (QED) is 0.652. The van der Waals surface area contributed by atoms with Gasteiger partial charge in [-0.15, -0.1) is 0 Å². The molecule has 0 aromatic heterocycles. The molecule has 0 heterocycles. The summed E-state index contributed by atoms with van der Waals surface area (Å²) in [6, 6.07) is 9.28. The van der Waals surface area contributed by atoms with E-state index in [0.29, 0.717) is 5.75 Å². The first kappa shape index (κ1) is 15.1. The van der Waals surface area contributed by atoms with Crippen LogP contribution in [0.4, 0.5) is 0 Å². The van der Waals surface area contributed by atoms with E-state index in [9.17, 15) is 15.0 Å². The number of carbonyl (C=O) groups excluding carboxylic acids is 1. The predicted molar refractivity (Wildman–Crippen MR) is 83.8 cm³/mol. The first-order chi connectivity index (χ1) is 10.0. The van der Waals surface area contributed by atoms with Crippen molar-refractivity contribution in [2.45, 2.75) is 0 Å². The molecule has 0 aliphatic heterocycles. The van der Waals surface area contributed by atoms with Gasteiger partial charge in [0.1, 0.15) is 17.2 Å². The number of phenolic OH excluding ortho intramolecular Hbond substituents is 2. The molecule has 2 N–H and O–H groups in total. The molecule has 0 aliphatic rings. The van der Waals surface area contributed by atoms with Crippen LogP contribution in [0.3, 0.4) is 0 Å². The Morgan fingerprint density at radius 2 is 1.95 bits per heavy atom. The molecule has 0 fully saturated rings. The van der Waals surface area contributed by atoms with E-state index in [0.717, 1.165) is 16.1 Å². The minimum Gasteiger partial charge on any atom is -0.508 e. The maximum absolute atomic E-state index is 12.1. The smallest absolute Gasteiger partial charge is 0.189 e. The minimum atomic E-state index is -0.366. The van der Waals surface area contributed by atoms with Crippen LogP contribution in [0.1, 0.15) is 15.9 Å². The number of ketones is 1. The molecule has 2 rings (SSSR count). The number of carbonyl (C=O) groups is 1. The average Bonchev–Trinajstić information content (AvgIpc) is 2.45. The third-order valence-corrected chi connectivity index (χ3v) is 3.35. The van der Waals surface area contributed by atoms with Crippen LogP contribution in [-0.4, -0.2) is 23.1 Å². The summed E-state index contributed by atoms with van der Waals surface area (Å²) in [5, 5.41) is 18.9. The number of hydrogen-bond acceptors (Lipinski definition) is 4. The number of aromatic hydroxyl groups is 2. The van der Waals surface area contributed by atoms with E-state index in [1.165, 1.54) is 18.2 Å². The minimum absolute atomic E-state index is 0.0957. The van der Waals surface area contributed by atoms with E-state index in [2.05, 4.69) is 15.9 Å². The number of ether oxygens (including phenoxy) is 1. The van der Waals surface area contributed by atoms with E-state index < -0.39 is 0 Å².